The minimum Gasteiger partial charge on any atom is -0.395 e. The van der Waals surface area contributed by atoms with Crippen LogP contribution < -0.4 is 16.4 Å². The predicted octanol–water partition coefficient (Wildman–Crippen LogP) is -3.47. The Morgan fingerprint density at radius 3 is 1.71 bits per heavy atom. The Kier molecular flexibility index (Phi) is 6.63. The number of aliphatic hydroxyl groups excluding tert-OH is 2. The van der Waals surface area contributed by atoms with Crippen LogP contribution in [0.4, 0.5) is 0 Å². The molecule has 0 aliphatic carbocycles. The molecule has 0 atom stereocenters. The summed E-state index contributed by atoms with van der Waals surface area (Å²) in [5.41, 5.74) is 5.25. The van der Waals surface area contributed by atoms with Crippen LogP contribution in [0.5, 0.6) is 0 Å². The third-order valence-corrected chi connectivity index (χ3v) is 1.39. The number of rotatable bonds is 6. The van der Waals surface area contributed by atoms with Gasteiger partial charge in [-0.05, 0) is 0 Å². The van der Waals surface area contributed by atoms with E-state index in [1.54, 1.807) is 0 Å². The zero-order chi connectivity index (χ0) is 11.0. The quantitative estimate of drug-likeness (QED) is 0.288. The van der Waals surface area contributed by atoms with Crippen molar-refractivity contribution in [1.29, 1.82) is 0 Å². The molecule has 14 heavy (non-hydrogen) atoms. The number of hydrogen-bond acceptors (Lipinski definition) is 5. The molecule has 0 saturated heterocycles. The second-order valence-corrected chi connectivity index (χ2v) is 2.51. The molecule has 0 fully saturated rings. The molecule has 7 heteroatoms. The van der Waals surface area contributed by atoms with E-state index in [4.69, 9.17) is 15.9 Å². The Labute approximate surface area is 81.3 Å². The van der Waals surface area contributed by atoms with Crippen LogP contribution >= 0.6 is 0 Å². The van der Waals surface area contributed by atoms with Crippen LogP contribution in [0.15, 0.2) is 0 Å². The first-order valence-electron chi connectivity index (χ1n) is 4.16. The molecule has 82 valence electrons. The van der Waals surface area contributed by atoms with Crippen LogP contribution in [0.25, 0.3) is 0 Å². The molecular weight excluding hydrogens is 190 g/mol. The summed E-state index contributed by atoms with van der Waals surface area (Å²) in [5.74, 6) is -1.32. The molecule has 0 aliphatic heterocycles. The summed E-state index contributed by atoms with van der Waals surface area (Å²) < 4.78 is 0. The van der Waals surface area contributed by atoms with Gasteiger partial charge in [0.05, 0.1) is 13.2 Å². The van der Waals surface area contributed by atoms with E-state index in [1.165, 1.54) is 0 Å². The molecule has 0 rings (SSSR count). The van der Waals surface area contributed by atoms with Gasteiger partial charge in [0.15, 0.2) is 6.04 Å². The maximum Gasteiger partial charge on any atom is 0.246 e. The van der Waals surface area contributed by atoms with Crippen molar-refractivity contribution in [2.45, 2.75) is 6.04 Å². The van der Waals surface area contributed by atoms with Gasteiger partial charge < -0.3 is 26.6 Å². The fraction of sp³-hybridized carbons (Fsp3) is 0.714. The van der Waals surface area contributed by atoms with Crippen molar-refractivity contribution in [2.24, 2.45) is 5.73 Å². The lowest BCUT2D eigenvalue weighted by molar-refractivity contribution is -0.131. The van der Waals surface area contributed by atoms with Gasteiger partial charge in [-0.2, -0.15) is 0 Å². The Hall–Kier alpha value is -1.18. The first-order chi connectivity index (χ1) is 6.63. The van der Waals surface area contributed by atoms with E-state index in [2.05, 4.69) is 10.6 Å². The first-order valence-corrected chi connectivity index (χ1v) is 4.16. The molecule has 0 spiro atoms. The van der Waals surface area contributed by atoms with Crippen molar-refractivity contribution in [3.05, 3.63) is 0 Å². The van der Waals surface area contributed by atoms with Crippen molar-refractivity contribution in [2.75, 3.05) is 26.3 Å². The van der Waals surface area contributed by atoms with Gasteiger partial charge in [0.2, 0.25) is 11.8 Å². The summed E-state index contributed by atoms with van der Waals surface area (Å²) in [7, 11) is 0. The van der Waals surface area contributed by atoms with Crippen LogP contribution in [0.1, 0.15) is 0 Å². The van der Waals surface area contributed by atoms with E-state index in [0.717, 1.165) is 0 Å². The Morgan fingerprint density at radius 1 is 1.07 bits per heavy atom. The van der Waals surface area contributed by atoms with E-state index in [0.29, 0.717) is 0 Å². The minimum absolute atomic E-state index is 0.0554. The van der Waals surface area contributed by atoms with Crippen LogP contribution in [0, 0.1) is 0 Å². The number of nitrogens with two attached hydrogens (primary N) is 1. The highest BCUT2D eigenvalue weighted by molar-refractivity contribution is 6.04. The zero-order valence-corrected chi connectivity index (χ0v) is 7.69. The lowest BCUT2D eigenvalue weighted by Gasteiger charge is -2.11. The number of carbonyl (C=O) groups is 2. The number of amides is 2. The van der Waals surface area contributed by atoms with E-state index in [9.17, 15) is 9.59 Å². The molecule has 0 heterocycles. The highest BCUT2D eigenvalue weighted by atomic mass is 16.3. The lowest BCUT2D eigenvalue weighted by atomic mass is 10.2. The van der Waals surface area contributed by atoms with Crippen LogP contribution in [0.3, 0.4) is 0 Å². The van der Waals surface area contributed by atoms with E-state index < -0.39 is 17.9 Å². The summed E-state index contributed by atoms with van der Waals surface area (Å²) in [6.45, 7) is -0.312. The van der Waals surface area contributed by atoms with Crippen LogP contribution in [0.2, 0.25) is 0 Å². The Bertz CT molecular complexity index is 177. The third kappa shape index (κ3) is 4.75. The van der Waals surface area contributed by atoms with E-state index in [1.807, 2.05) is 0 Å². The maximum atomic E-state index is 11.0. The summed E-state index contributed by atoms with van der Waals surface area (Å²) in [6, 6.07) is -1.31. The van der Waals surface area contributed by atoms with Gasteiger partial charge in [-0.1, -0.05) is 0 Å². The standard InChI is InChI=1S/C7H15N3O4/c8-5(6(13)9-1-3-11)7(14)10-2-4-12/h5,11-12H,1-4,8H2,(H,9,13)(H,10,14). The number of aliphatic hydroxyl groups is 2. The van der Waals surface area contributed by atoms with Gasteiger partial charge in [0, 0.05) is 13.1 Å². The number of carbonyl (C=O) groups excluding carboxylic acids is 2. The topological polar surface area (TPSA) is 125 Å². The van der Waals surface area contributed by atoms with Gasteiger partial charge in [0.1, 0.15) is 0 Å². The molecule has 6 N–H and O–H groups in total. The first kappa shape index (κ1) is 12.8. The monoisotopic (exact) mass is 205 g/mol. The molecule has 2 amide bonds. The van der Waals surface area contributed by atoms with Crippen LogP contribution in [-0.2, 0) is 9.59 Å². The Morgan fingerprint density at radius 2 is 1.43 bits per heavy atom. The lowest BCUT2D eigenvalue weighted by Crippen LogP contribution is -2.51. The third-order valence-electron chi connectivity index (χ3n) is 1.39. The second-order valence-electron chi connectivity index (χ2n) is 2.51. The molecule has 0 saturated carbocycles. The molecule has 0 radical (unpaired) electrons. The Balaban J connectivity index is 3.85. The van der Waals surface area contributed by atoms with Gasteiger partial charge in [-0.25, -0.2) is 0 Å². The summed E-state index contributed by atoms with van der Waals surface area (Å²) in [4.78, 5) is 22.1. The van der Waals surface area contributed by atoms with Crippen molar-refractivity contribution in [3.8, 4) is 0 Å². The van der Waals surface area contributed by atoms with E-state index >= 15 is 0 Å². The van der Waals surface area contributed by atoms with Crippen LogP contribution in [-0.4, -0.2) is 54.4 Å². The molecular formula is C7H15N3O4. The van der Waals surface area contributed by atoms with Crippen molar-refractivity contribution in [1.82, 2.24) is 10.6 Å². The summed E-state index contributed by atoms with van der Waals surface area (Å²) in [5, 5.41) is 21.3. The second kappa shape index (κ2) is 7.25. The molecule has 0 unspecified atom stereocenters. The van der Waals surface area contributed by atoms with Crippen molar-refractivity contribution < 1.29 is 19.8 Å². The molecule has 0 aromatic heterocycles. The molecule has 0 bridgehead atoms. The van der Waals surface area contributed by atoms with Gasteiger partial charge in [-0.3, -0.25) is 9.59 Å². The van der Waals surface area contributed by atoms with Gasteiger partial charge in [0.25, 0.3) is 0 Å². The normalized spacial score (nSPS) is 10.0. The molecule has 7 nitrogen and oxygen atoms in total. The molecule has 0 aliphatic rings. The average molecular weight is 205 g/mol. The highest BCUT2D eigenvalue weighted by Crippen LogP contribution is 1.79. The maximum absolute atomic E-state index is 11.0. The predicted molar refractivity (Wildman–Crippen MR) is 48.2 cm³/mol. The highest BCUT2D eigenvalue weighted by Gasteiger charge is 2.20. The number of hydrogen-bond donors (Lipinski definition) is 5. The average Bonchev–Trinajstić information content (AvgIpc) is 2.21. The molecule has 0 aromatic carbocycles. The van der Waals surface area contributed by atoms with Gasteiger partial charge >= 0.3 is 0 Å². The zero-order valence-electron chi connectivity index (χ0n) is 7.69. The van der Waals surface area contributed by atoms with E-state index in [-0.39, 0.29) is 26.3 Å². The minimum atomic E-state index is -1.31. The largest absolute Gasteiger partial charge is 0.395 e. The summed E-state index contributed by atoms with van der Waals surface area (Å²) >= 11 is 0. The van der Waals surface area contributed by atoms with Crippen molar-refractivity contribution in [3.63, 3.8) is 0 Å². The SMILES string of the molecule is NC(C(=O)NCCO)C(=O)NCCO. The van der Waals surface area contributed by atoms with Crippen molar-refractivity contribution >= 4 is 11.8 Å². The fourth-order valence-electron chi connectivity index (χ4n) is 0.697. The number of nitrogens with one attached hydrogen (secondary N) is 2. The summed E-state index contributed by atoms with van der Waals surface area (Å²) in [6.07, 6.45) is 0. The molecule has 0 aromatic rings. The fourth-order valence-corrected chi connectivity index (χ4v) is 0.697. The van der Waals surface area contributed by atoms with Gasteiger partial charge in [-0.15, -0.1) is 0 Å². The smallest absolute Gasteiger partial charge is 0.246 e.